The number of alkyl halides is 1. The maximum Gasteiger partial charge on any atom is 0.322 e. The van der Waals surface area contributed by atoms with E-state index in [-0.39, 0.29) is 5.33 Å². The summed E-state index contributed by atoms with van der Waals surface area (Å²) in [6, 6.07) is 5.14. The number of methoxy groups -OCH3 is 2. The van der Waals surface area contributed by atoms with Crippen molar-refractivity contribution in [3.8, 4) is 17.2 Å². The van der Waals surface area contributed by atoms with Crippen LogP contribution in [0.5, 0.6) is 17.2 Å². The lowest BCUT2D eigenvalue weighted by molar-refractivity contribution is -0.131. The fourth-order valence-corrected chi connectivity index (χ4v) is 1.17. The number of esters is 1. The van der Waals surface area contributed by atoms with Crippen LogP contribution in [-0.2, 0) is 4.79 Å². The third kappa shape index (κ3) is 2.86. The molecule has 1 rings (SSSR count). The average Bonchev–Trinajstić information content (AvgIpc) is 2.29. The number of carbonyl (C=O) groups is 1. The first-order valence-corrected chi connectivity index (χ1v) is 5.32. The van der Waals surface area contributed by atoms with Gasteiger partial charge in [0.2, 0.25) is 5.75 Å². The van der Waals surface area contributed by atoms with E-state index in [0.717, 1.165) is 0 Å². The van der Waals surface area contributed by atoms with Gasteiger partial charge in [-0.3, -0.25) is 4.79 Å². The molecule has 1 aromatic carbocycles. The average molecular weight is 275 g/mol. The molecular weight excluding hydrogens is 264 g/mol. The smallest absolute Gasteiger partial charge is 0.322 e. The molecule has 0 aliphatic heterocycles. The molecule has 0 bridgehead atoms. The molecule has 0 heterocycles. The molecule has 0 aliphatic carbocycles. The standard InChI is InChI=1S/C10H11BrO4/c1-13-7-4-3-5-8(14-2)10(7)15-9(12)6-11/h3-5H,6H2,1-2H3. The second-order valence-electron chi connectivity index (χ2n) is 2.60. The Morgan fingerprint density at radius 1 is 1.27 bits per heavy atom. The van der Waals surface area contributed by atoms with Crippen molar-refractivity contribution in [1.29, 1.82) is 0 Å². The monoisotopic (exact) mass is 274 g/mol. The highest BCUT2D eigenvalue weighted by Gasteiger charge is 2.14. The second-order valence-corrected chi connectivity index (χ2v) is 3.16. The Labute approximate surface area is 96.3 Å². The number of ether oxygens (including phenoxy) is 3. The van der Waals surface area contributed by atoms with E-state index in [1.165, 1.54) is 14.2 Å². The van der Waals surface area contributed by atoms with Crippen LogP contribution in [-0.4, -0.2) is 25.5 Å². The first-order chi connectivity index (χ1) is 7.22. The summed E-state index contributed by atoms with van der Waals surface area (Å²) in [5.41, 5.74) is 0. The highest BCUT2D eigenvalue weighted by Crippen LogP contribution is 2.36. The summed E-state index contributed by atoms with van der Waals surface area (Å²) in [4.78, 5) is 11.1. The van der Waals surface area contributed by atoms with Crippen LogP contribution in [0.2, 0.25) is 0 Å². The van der Waals surface area contributed by atoms with Gasteiger partial charge in [-0.2, -0.15) is 0 Å². The molecule has 0 atom stereocenters. The molecule has 5 heteroatoms. The van der Waals surface area contributed by atoms with Crippen molar-refractivity contribution < 1.29 is 19.0 Å². The second kappa shape index (κ2) is 5.60. The molecule has 0 unspecified atom stereocenters. The Kier molecular flexibility index (Phi) is 4.42. The molecule has 1 aromatic rings. The minimum atomic E-state index is -0.405. The summed E-state index contributed by atoms with van der Waals surface area (Å²) < 4.78 is 15.2. The van der Waals surface area contributed by atoms with E-state index < -0.39 is 5.97 Å². The Morgan fingerprint density at radius 2 is 1.80 bits per heavy atom. The van der Waals surface area contributed by atoms with Crippen molar-refractivity contribution in [1.82, 2.24) is 0 Å². The molecule has 0 radical (unpaired) electrons. The van der Waals surface area contributed by atoms with Crippen LogP contribution in [0.25, 0.3) is 0 Å². The van der Waals surface area contributed by atoms with Crippen molar-refractivity contribution in [3.63, 3.8) is 0 Å². The zero-order valence-electron chi connectivity index (χ0n) is 8.45. The number of rotatable bonds is 4. The van der Waals surface area contributed by atoms with Gasteiger partial charge in [-0.15, -0.1) is 0 Å². The lowest BCUT2D eigenvalue weighted by Crippen LogP contribution is -2.10. The summed E-state index contributed by atoms with van der Waals surface area (Å²) >= 11 is 3.01. The summed E-state index contributed by atoms with van der Waals surface area (Å²) in [5, 5.41) is 0.119. The van der Waals surface area contributed by atoms with E-state index in [1.54, 1.807) is 18.2 Å². The summed E-state index contributed by atoms with van der Waals surface area (Å²) in [6.07, 6.45) is 0. The van der Waals surface area contributed by atoms with Crippen LogP contribution in [0.4, 0.5) is 0 Å². The van der Waals surface area contributed by atoms with Gasteiger partial charge >= 0.3 is 5.97 Å². The van der Waals surface area contributed by atoms with Crippen molar-refractivity contribution in [2.45, 2.75) is 0 Å². The first-order valence-electron chi connectivity index (χ1n) is 4.20. The molecule has 0 spiro atoms. The minimum absolute atomic E-state index is 0.119. The maximum absolute atomic E-state index is 11.1. The minimum Gasteiger partial charge on any atom is -0.493 e. The predicted molar refractivity (Wildman–Crippen MR) is 59.0 cm³/mol. The quantitative estimate of drug-likeness (QED) is 0.479. The zero-order chi connectivity index (χ0) is 11.3. The van der Waals surface area contributed by atoms with Crippen LogP contribution in [0.1, 0.15) is 0 Å². The van der Waals surface area contributed by atoms with Crippen molar-refractivity contribution >= 4 is 21.9 Å². The summed E-state index contributed by atoms with van der Waals surface area (Å²) in [7, 11) is 3.00. The van der Waals surface area contributed by atoms with E-state index in [1.807, 2.05) is 0 Å². The number of carbonyl (C=O) groups excluding carboxylic acids is 1. The molecule has 0 amide bonds. The van der Waals surface area contributed by atoms with Crippen LogP contribution in [0.15, 0.2) is 18.2 Å². The first kappa shape index (κ1) is 11.8. The van der Waals surface area contributed by atoms with Gasteiger partial charge in [0.05, 0.1) is 14.2 Å². The Morgan fingerprint density at radius 3 is 2.20 bits per heavy atom. The number of hydrogen-bond acceptors (Lipinski definition) is 4. The predicted octanol–water partition coefficient (Wildman–Crippen LogP) is 2.00. The molecule has 0 saturated heterocycles. The van der Waals surface area contributed by atoms with E-state index >= 15 is 0 Å². The largest absolute Gasteiger partial charge is 0.493 e. The number of halogens is 1. The Bertz CT molecular complexity index is 329. The lowest BCUT2D eigenvalue weighted by Gasteiger charge is -2.11. The maximum atomic E-state index is 11.1. The van der Waals surface area contributed by atoms with E-state index in [0.29, 0.717) is 17.2 Å². The van der Waals surface area contributed by atoms with E-state index in [2.05, 4.69) is 15.9 Å². The third-order valence-corrected chi connectivity index (χ3v) is 2.17. The molecule has 0 aliphatic rings. The van der Waals surface area contributed by atoms with Gasteiger partial charge in [0.15, 0.2) is 11.5 Å². The lowest BCUT2D eigenvalue weighted by atomic mass is 10.3. The van der Waals surface area contributed by atoms with Gasteiger partial charge in [-0.05, 0) is 12.1 Å². The number of benzene rings is 1. The molecule has 0 saturated carbocycles. The van der Waals surface area contributed by atoms with E-state index in [9.17, 15) is 4.79 Å². The van der Waals surface area contributed by atoms with Gasteiger partial charge in [-0.25, -0.2) is 0 Å². The summed E-state index contributed by atoms with van der Waals surface area (Å²) in [6.45, 7) is 0. The molecule has 15 heavy (non-hydrogen) atoms. The van der Waals surface area contributed by atoms with Gasteiger partial charge in [-0.1, -0.05) is 22.0 Å². The van der Waals surface area contributed by atoms with Crippen LogP contribution < -0.4 is 14.2 Å². The highest BCUT2D eigenvalue weighted by atomic mass is 79.9. The fourth-order valence-electron chi connectivity index (χ4n) is 1.06. The Balaban J connectivity index is 3.05. The third-order valence-electron chi connectivity index (χ3n) is 1.71. The van der Waals surface area contributed by atoms with Gasteiger partial charge in [0.25, 0.3) is 0 Å². The molecule has 82 valence electrons. The molecule has 0 fully saturated rings. The Hall–Kier alpha value is -1.23. The fraction of sp³-hybridized carbons (Fsp3) is 0.300. The molecule has 4 nitrogen and oxygen atoms in total. The van der Waals surface area contributed by atoms with Crippen molar-refractivity contribution in [2.24, 2.45) is 0 Å². The molecular formula is C10H11BrO4. The van der Waals surface area contributed by atoms with Crippen molar-refractivity contribution in [3.05, 3.63) is 18.2 Å². The normalized spacial score (nSPS) is 9.53. The van der Waals surface area contributed by atoms with Crippen LogP contribution in [0, 0.1) is 0 Å². The number of hydrogen-bond donors (Lipinski definition) is 0. The molecule has 0 aromatic heterocycles. The van der Waals surface area contributed by atoms with Gasteiger partial charge in [0, 0.05) is 0 Å². The van der Waals surface area contributed by atoms with Crippen LogP contribution in [0.3, 0.4) is 0 Å². The van der Waals surface area contributed by atoms with E-state index in [4.69, 9.17) is 14.2 Å². The summed E-state index contributed by atoms with van der Waals surface area (Å²) in [5.74, 6) is 0.817. The highest BCUT2D eigenvalue weighted by molar-refractivity contribution is 9.09. The van der Waals surface area contributed by atoms with Crippen LogP contribution >= 0.6 is 15.9 Å². The zero-order valence-corrected chi connectivity index (χ0v) is 10.0. The number of para-hydroxylation sites is 1. The SMILES string of the molecule is COc1cccc(OC)c1OC(=O)CBr. The van der Waals surface area contributed by atoms with Gasteiger partial charge < -0.3 is 14.2 Å². The van der Waals surface area contributed by atoms with Crippen molar-refractivity contribution in [2.75, 3.05) is 19.5 Å². The topological polar surface area (TPSA) is 44.8 Å². The molecule has 0 N–H and O–H groups in total. The van der Waals surface area contributed by atoms with Gasteiger partial charge in [0.1, 0.15) is 5.33 Å².